The molecule has 0 aromatic heterocycles. The molecule has 0 fully saturated rings. The Hall–Kier alpha value is -3.12. The third-order valence-electron chi connectivity index (χ3n) is 6.30. The number of hydrogen-bond donors (Lipinski definition) is 0. The van der Waals surface area contributed by atoms with Crippen LogP contribution in [0.5, 0.6) is 0 Å². The summed E-state index contributed by atoms with van der Waals surface area (Å²) in [5.41, 5.74) is 6.03. The largest absolute Gasteiger partial charge is 0.416 e. The van der Waals surface area contributed by atoms with Crippen LogP contribution in [0.15, 0.2) is 103 Å². The van der Waals surface area contributed by atoms with Crippen molar-refractivity contribution < 1.29 is 13.2 Å². The Labute approximate surface area is 216 Å². The molecule has 0 aliphatic carbocycles. The maximum absolute atomic E-state index is 13.4. The van der Waals surface area contributed by atoms with Crippen LogP contribution in [0.1, 0.15) is 18.1 Å². The Balaban J connectivity index is 1.46. The molecule has 0 unspecified atom stereocenters. The van der Waals surface area contributed by atoms with E-state index in [1.165, 1.54) is 26.8 Å². The minimum absolute atomic E-state index is 0.552. The monoisotopic (exact) mass is 578 g/mol. The van der Waals surface area contributed by atoms with Crippen molar-refractivity contribution in [2.75, 3.05) is 0 Å². The van der Waals surface area contributed by atoms with Crippen molar-refractivity contribution in [3.63, 3.8) is 0 Å². The summed E-state index contributed by atoms with van der Waals surface area (Å²) >= 11 is 2.30. The van der Waals surface area contributed by atoms with E-state index in [4.69, 9.17) is 0 Å². The van der Waals surface area contributed by atoms with E-state index >= 15 is 0 Å². The van der Waals surface area contributed by atoms with Gasteiger partial charge in [0, 0.05) is 3.57 Å². The summed E-state index contributed by atoms with van der Waals surface area (Å²) in [4.78, 5) is 0. The van der Waals surface area contributed by atoms with Crippen molar-refractivity contribution in [3.8, 4) is 33.4 Å². The lowest BCUT2D eigenvalue weighted by Crippen LogP contribution is -2.06. The van der Waals surface area contributed by atoms with Gasteiger partial charge in [-0.2, -0.15) is 13.2 Å². The molecule has 0 aliphatic rings. The zero-order valence-corrected chi connectivity index (χ0v) is 21.2. The van der Waals surface area contributed by atoms with Crippen LogP contribution < -0.4 is 0 Å². The van der Waals surface area contributed by atoms with Crippen LogP contribution in [0.2, 0.25) is 0 Å². The van der Waals surface area contributed by atoms with Gasteiger partial charge in [-0.1, -0.05) is 73.7 Å². The van der Waals surface area contributed by atoms with Crippen LogP contribution in [0.3, 0.4) is 0 Å². The van der Waals surface area contributed by atoms with E-state index in [-0.39, 0.29) is 0 Å². The molecule has 0 nitrogen and oxygen atoms in total. The molecule has 0 amide bonds. The predicted octanol–water partition coefficient (Wildman–Crippen LogP) is 10.0. The van der Waals surface area contributed by atoms with Crippen LogP contribution in [0, 0.1) is 3.57 Å². The topological polar surface area (TPSA) is 0 Å². The van der Waals surface area contributed by atoms with Crippen LogP contribution in [-0.4, -0.2) is 0 Å². The van der Waals surface area contributed by atoms with E-state index in [0.29, 0.717) is 17.5 Å². The van der Waals surface area contributed by atoms with Crippen molar-refractivity contribution in [3.05, 3.63) is 118 Å². The Morgan fingerprint density at radius 3 is 1.51 bits per heavy atom. The molecule has 0 aliphatic heterocycles. The van der Waals surface area contributed by atoms with Crippen LogP contribution in [0.25, 0.3) is 44.2 Å². The molecule has 0 radical (unpaired) electrons. The highest BCUT2D eigenvalue weighted by atomic mass is 127. The molecule has 0 N–H and O–H groups in total. The van der Waals surface area contributed by atoms with Crippen molar-refractivity contribution in [2.45, 2.75) is 19.5 Å². The molecule has 0 saturated carbocycles. The fourth-order valence-electron chi connectivity index (χ4n) is 4.33. The van der Waals surface area contributed by atoms with Gasteiger partial charge in [-0.25, -0.2) is 0 Å². The maximum Gasteiger partial charge on any atom is 0.416 e. The van der Waals surface area contributed by atoms with Gasteiger partial charge in [0.15, 0.2) is 0 Å². The Kier molecular flexibility index (Phi) is 6.41. The summed E-state index contributed by atoms with van der Waals surface area (Å²) in [6.45, 7) is 1.87. The molecule has 0 bridgehead atoms. The van der Waals surface area contributed by atoms with E-state index in [2.05, 4.69) is 83.3 Å². The lowest BCUT2D eigenvalue weighted by molar-refractivity contribution is -0.137. The summed E-state index contributed by atoms with van der Waals surface area (Å²) in [6, 6.07) is 33.4. The number of aryl methyl sites for hydroxylation is 1. The van der Waals surface area contributed by atoms with Gasteiger partial charge >= 0.3 is 6.18 Å². The molecular weight excluding hydrogens is 556 g/mol. The Morgan fingerprint density at radius 2 is 1.00 bits per heavy atom. The van der Waals surface area contributed by atoms with E-state index in [1.54, 1.807) is 0 Å². The molecule has 5 rings (SSSR count). The molecule has 174 valence electrons. The number of rotatable bonds is 4. The van der Waals surface area contributed by atoms with Gasteiger partial charge in [-0.3, -0.25) is 0 Å². The number of benzene rings is 5. The highest BCUT2D eigenvalue weighted by Crippen LogP contribution is 2.35. The Bertz CT molecular complexity index is 1500. The van der Waals surface area contributed by atoms with Crippen LogP contribution in [0.4, 0.5) is 13.2 Å². The third-order valence-corrected chi connectivity index (χ3v) is 7.02. The first-order chi connectivity index (χ1) is 16.8. The molecule has 0 heterocycles. The van der Waals surface area contributed by atoms with E-state index in [9.17, 15) is 13.2 Å². The maximum atomic E-state index is 13.4. The van der Waals surface area contributed by atoms with Gasteiger partial charge < -0.3 is 0 Å². The van der Waals surface area contributed by atoms with Crippen LogP contribution in [-0.2, 0) is 12.6 Å². The zero-order chi connectivity index (χ0) is 24.6. The fourth-order valence-corrected chi connectivity index (χ4v) is 4.69. The minimum Gasteiger partial charge on any atom is -0.166 e. The highest BCUT2D eigenvalue weighted by Gasteiger charge is 2.31. The second-order valence-corrected chi connectivity index (χ2v) is 9.88. The summed E-state index contributed by atoms with van der Waals surface area (Å²) in [6.07, 6.45) is -3.81. The zero-order valence-electron chi connectivity index (χ0n) is 19.0. The van der Waals surface area contributed by atoms with Gasteiger partial charge in [0.25, 0.3) is 0 Å². The SMILES string of the molecule is CCc1cc(-c2ccc3cc(-c4ccc(-c5ccc(I)cc5)cc4)ccc3c2)cc(C(F)(F)F)c1. The first kappa shape index (κ1) is 23.6. The predicted molar refractivity (Wildman–Crippen MR) is 147 cm³/mol. The van der Waals surface area contributed by atoms with E-state index in [0.717, 1.165) is 27.5 Å². The molecule has 0 saturated heterocycles. The standard InChI is InChI=1S/C31H22F3I/c1-2-20-15-28(19-29(16-20)31(32,33)34)27-10-9-25-17-24(7-8-26(25)18-27)23-5-3-21(4-6-23)22-11-13-30(35)14-12-22/h3-19H,2H2,1H3. The normalized spacial score (nSPS) is 11.7. The minimum atomic E-state index is -4.36. The van der Waals surface area contributed by atoms with Crippen molar-refractivity contribution >= 4 is 33.4 Å². The van der Waals surface area contributed by atoms with E-state index < -0.39 is 11.7 Å². The third kappa shape index (κ3) is 5.13. The summed E-state index contributed by atoms with van der Waals surface area (Å²) in [5, 5.41) is 2.05. The average Bonchev–Trinajstić information content (AvgIpc) is 2.88. The van der Waals surface area contributed by atoms with Gasteiger partial charge in [0.05, 0.1) is 5.56 Å². The molecule has 0 spiro atoms. The highest BCUT2D eigenvalue weighted by molar-refractivity contribution is 14.1. The first-order valence-corrected chi connectivity index (χ1v) is 12.5. The quantitative estimate of drug-likeness (QED) is 0.186. The second kappa shape index (κ2) is 9.50. The first-order valence-electron chi connectivity index (χ1n) is 11.4. The van der Waals surface area contributed by atoms with Gasteiger partial charge in [0.1, 0.15) is 0 Å². The lowest BCUT2D eigenvalue weighted by atomic mass is 9.95. The average molecular weight is 578 g/mol. The summed E-state index contributed by atoms with van der Waals surface area (Å²) in [7, 11) is 0. The summed E-state index contributed by atoms with van der Waals surface area (Å²) < 4.78 is 41.4. The number of fused-ring (bicyclic) bond motifs is 1. The smallest absolute Gasteiger partial charge is 0.166 e. The van der Waals surface area contributed by atoms with Crippen LogP contribution >= 0.6 is 22.6 Å². The number of hydrogen-bond acceptors (Lipinski definition) is 0. The Morgan fingerprint density at radius 1 is 0.543 bits per heavy atom. The lowest BCUT2D eigenvalue weighted by Gasteiger charge is -2.13. The molecule has 5 aromatic rings. The van der Waals surface area contributed by atoms with E-state index in [1.807, 2.05) is 37.3 Å². The van der Waals surface area contributed by atoms with Gasteiger partial charge in [-0.05, 0) is 115 Å². The van der Waals surface area contributed by atoms with Crippen molar-refractivity contribution in [1.82, 2.24) is 0 Å². The molecule has 5 aromatic carbocycles. The van der Waals surface area contributed by atoms with Crippen molar-refractivity contribution in [2.24, 2.45) is 0 Å². The van der Waals surface area contributed by atoms with Crippen molar-refractivity contribution in [1.29, 1.82) is 0 Å². The van der Waals surface area contributed by atoms with Gasteiger partial charge in [-0.15, -0.1) is 0 Å². The summed E-state index contributed by atoms with van der Waals surface area (Å²) in [5.74, 6) is 0. The molecule has 35 heavy (non-hydrogen) atoms. The second-order valence-electron chi connectivity index (χ2n) is 8.63. The molecular formula is C31H22F3I. The molecule has 0 atom stereocenters. The number of alkyl halides is 3. The number of halogens is 4. The fraction of sp³-hybridized carbons (Fsp3) is 0.0968. The molecule has 4 heteroatoms. The van der Waals surface area contributed by atoms with Gasteiger partial charge in [0.2, 0.25) is 0 Å².